The number of ether oxygens (including phenoxy) is 2. The van der Waals surface area contributed by atoms with E-state index in [9.17, 15) is 4.79 Å². The lowest BCUT2D eigenvalue weighted by Crippen LogP contribution is -2.49. The van der Waals surface area contributed by atoms with Crippen LogP contribution in [0.25, 0.3) is 22.6 Å². The third-order valence-corrected chi connectivity index (χ3v) is 14.2. The zero-order valence-corrected chi connectivity index (χ0v) is 33.6. The van der Waals surface area contributed by atoms with Crippen LogP contribution in [-0.2, 0) is 22.3 Å². The number of benzene rings is 1. The van der Waals surface area contributed by atoms with Crippen LogP contribution in [0, 0.1) is 20.8 Å². The van der Waals surface area contributed by atoms with Gasteiger partial charge in [0, 0.05) is 36.5 Å². The first-order valence-corrected chi connectivity index (χ1v) is 20.4. The Bertz CT molecular complexity index is 1860. The van der Waals surface area contributed by atoms with E-state index in [-0.39, 0.29) is 18.2 Å². The van der Waals surface area contributed by atoms with Crippen molar-refractivity contribution in [2.45, 2.75) is 105 Å². The standard InChI is InChI=1S/C37H50ClN7O5Si/c1-22-32(31-23(2)43-49-24(31)3)41-33(42-34(22)45-17-25-16-39-21-40-30(25)19-45)28-15-26(13-14-29(28)38)47-20-27(50-51(11,12)37(7,8)9)18-44(10)35(46)48-36(4,5)6/h13-16,21,27H,17-20H2,1-12H3/t27-/m1/s1. The van der Waals surface area contributed by atoms with Crippen molar-refractivity contribution in [2.24, 2.45) is 0 Å². The SMILES string of the molecule is Cc1noc(C)c1-c1nc(-c2cc(OC[C@@H](CN(C)C(=O)OC(C)(C)C)O[Si](C)(C)C(C)(C)C)ccc2Cl)nc(N2Cc3cncnc3C2)c1C. The molecule has 1 aliphatic rings. The molecule has 0 bridgehead atoms. The van der Waals surface area contributed by atoms with E-state index in [0.29, 0.717) is 46.7 Å². The Kier molecular flexibility index (Phi) is 10.9. The number of carbonyl (C=O) groups is 1. The monoisotopic (exact) mass is 735 g/mol. The number of nitrogens with zero attached hydrogens (tertiary/aromatic N) is 7. The van der Waals surface area contributed by atoms with Crippen molar-refractivity contribution in [3.63, 3.8) is 0 Å². The van der Waals surface area contributed by atoms with E-state index in [0.717, 1.165) is 33.9 Å². The van der Waals surface area contributed by atoms with Crippen molar-refractivity contribution < 1.29 is 23.2 Å². The molecule has 1 aromatic carbocycles. The van der Waals surface area contributed by atoms with Crippen molar-refractivity contribution >= 4 is 31.8 Å². The summed E-state index contributed by atoms with van der Waals surface area (Å²) in [5.74, 6) is 2.41. The van der Waals surface area contributed by atoms with E-state index in [1.807, 2.05) is 59.9 Å². The molecule has 14 heteroatoms. The lowest BCUT2D eigenvalue weighted by Gasteiger charge is -2.40. The first kappa shape index (κ1) is 38.2. The van der Waals surface area contributed by atoms with Crippen LogP contribution >= 0.6 is 11.6 Å². The van der Waals surface area contributed by atoms with Gasteiger partial charge in [-0.25, -0.2) is 24.7 Å². The smallest absolute Gasteiger partial charge is 0.410 e. The summed E-state index contributed by atoms with van der Waals surface area (Å²) in [7, 11) is -0.530. The molecule has 1 aliphatic heterocycles. The van der Waals surface area contributed by atoms with Gasteiger partial charge in [-0.05, 0) is 77.9 Å². The highest BCUT2D eigenvalue weighted by atomic mass is 35.5. The maximum atomic E-state index is 12.9. The molecule has 4 heterocycles. The fourth-order valence-corrected chi connectivity index (χ4v) is 7.17. The number of aromatic nitrogens is 5. The van der Waals surface area contributed by atoms with Gasteiger partial charge >= 0.3 is 6.09 Å². The number of halogens is 1. The predicted octanol–water partition coefficient (Wildman–Crippen LogP) is 8.32. The fraction of sp³-hybridized carbons (Fsp3) is 0.514. The van der Waals surface area contributed by atoms with Crippen LogP contribution in [0.15, 0.2) is 35.2 Å². The zero-order chi connectivity index (χ0) is 37.5. The summed E-state index contributed by atoms with van der Waals surface area (Å²) in [5.41, 5.74) is 5.15. The third kappa shape index (κ3) is 8.70. The van der Waals surface area contributed by atoms with Crippen LogP contribution in [0.1, 0.15) is 69.8 Å². The van der Waals surface area contributed by atoms with Crippen molar-refractivity contribution in [1.82, 2.24) is 30.0 Å². The van der Waals surface area contributed by atoms with E-state index in [2.05, 4.69) is 53.9 Å². The third-order valence-electron chi connectivity index (χ3n) is 9.34. The number of fused-ring (bicyclic) bond motifs is 1. The summed E-state index contributed by atoms with van der Waals surface area (Å²) in [6.07, 6.45) is 2.57. The quantitative estimate of drug-likeness (QED) is 0.146. The Morgan fingerprint density at radius 2 is 1.82 bits per heavy atom. The number of carbonyl (C=O) groups excluding carboxylic acids is 1. The molecule has 0 unspecified atom stereocenters. The van der Waals surface area contributed by atoms with Gasteiger partial charge in [0.1, 0.15) is 35.9 Å². The summed E-state index contributed by atoms with van der Waals surface area (Å²) >= 11 is 6.88. The Hall–Kier alpha value is -4.07. The van der Waals surface area contributed by atoms with E-state index in [1.54, 1.807) is 24.3 Å². The first-order valence-electron chi connectivity index (χ1n) is 17.1. The number of likely N-dealkylation sites (N-methyl/N-ethyl adjacent to an activating group) is 1. The number of rotatable bonds is 10. The van der Waals surface area contributed by atoms with Gasteiger partial charge in [-0.3, -0.25) is 0 Å². The van der Waals surface area contributed by atoms with Gasteiger partial charge in [0.15, 0.2) is 14.1 Å². The molecule has 0 saturated carbocycles. The van der Waals surface area contributed by atoms with E-state index >= 15 is 0 Å². The topological polar surface area (TPSA) is 129 Å². The second-order valence-electron chi connectivity index (χ2n) is 15.7. The molecule has 0 saturated heterocycles. The average molecular weight is 736 g/mol. The highest BCUT2D eigenvalue weighted by molar-refractivity contribution is 6.74. The van der Waals surface area contributed by atoms with Crippen molar-refractivity contribution in [3.8, 4) is 28.4 Å². The maximum absolute atomic E-state index is 12.9. The summed E-state index contributed by atoms with van der Waals surface area (Å²) < 4.78 is 24.4. The van der Waals surface area contributed by atoms with Crippen LogP contribution in [0.4, 0.5) is 10.6 Å². The highest BCUT2D eigenvalue weighted by Crippen LogP contribution is 2.40. The maximum Gasteiger partial charge on any atom is 0.410 e. The Morgan fingerprint density at radius 1 is 1.10 bits per heavy atom. The van der Waals surface area contributed by atoms with Gasteiger partial charge in [-0.2, -0.15) is 0 Å². The Labute approximate surface area is 307 Å². The number of aryl methyl sites for hydroxylation is 2. The second kappa shape index (κ2) is 14.5. The zero-order valence-electron chi connectivity index (χ0n) is 31.8. The number of hydrogen-bond donors (Lipinski definition) is 0. The van der Waals surface area contributed by atoms with Gasteiger partial charge < -0.3 is 28.2 Å². The minimum Gasteiger partial charge on any atom is -0.491 e. The largest absolute Gasteiger partial charge is 0.491 e. The van der Waals surface area contributed by atoms with Gasteiger partial charge in [-0.15, -0.1) is 0 Å². The molecule has 1 amide bonds. The lowest BCUT2D eigenvalue weighted by atomic mass is 10.0. The summed E-state index contributed by atoms with van der Waals surface area (Å²) in [6, 6.07) is 5.44. The number of hydrogen-bond acceptors (Lipinski definition) is 11. The molecular formula is C37H50ClN7O5Si. The molecule has 4 aromatic rings. The van der Waals surface area contributed by atoms with Gasteiger partial charge in [-0.1, -0.05) is 37.5 Å². The molecular weight excluding hydrogens is 686 g/mol. The molecule has 5 rings (SSSR count). The molecule has 0 N–H and O–H groups in total. The predicted molar refractivity (Wildman–Crippen MR) is 201 cm³/mol. The number of anilines is 1. The van der Waals surface area contributed by atoms with Gasteiger partial charge in [0.2, 0.25) is 0 Å². The first-order chi connectivity index (χ1) is 23.7. The molecule has 0 spiro atoms. The van der Waals surface area contributed by atoms with Gasteiger partial charge in [0.25, 0.3) is 0 Å². The second-order valence-corrected chi connectivity index (χ2v) is 20.9. The molecule has 0 radical (unpaired) electrons. The normalized spacial score (nSPS) is 14.0. The molecule has 3 aromatic heterocycles. The summed E-state index contributed by atoms with van der Waals surface area (Å²) in [6.45, 7) is 23.9. The molecule has 12 nitrogen and oxygen atoms in total. The molecule has 274 valence electrons. The lowest BCUT2D eigenvalue weighted by molar-refractivity contribution is 0.0172. The van der Waals surface area contributed by atoms with Crippen molar-refractivity contribution in [1.29, 1.82) is 0 Å². The minimum atomic E-state index is -2.24. The Balaban J connectivity index is 1.49. The summed E-state index contributed by atoms with van der Waals surface area (Å²) in [5, 5.41) is 4.62. The van der Waals surface area contributed by atoms with Crippen LogP contribution in [0.2, 0.25) is 23.2 Å². The van der Waals surface area contributed by atoms with Gasteiger partial charge in [0.05, 0.1) is 46.9 Å². The molecule has 51 heavy (non-hydrogen) atoms. The van der Waals surface area contributed by atoms with E-state index in [1.165, 1.54) is 0 Å². The van der Waals surface area contributed by atoms with Crippen LogP contribution in [0.5, 0.6) is 5.75 Å². The van der Waals surface area contributed by atoms with Crippen molar-refractivity contribution in [3.05, 3.63) is 64.0 Å². The van der Waals surface area contributed by atoms with Crippen molar-refractivity contribution in [2.75, 3.05) is 25.1 Å². The number of amides is 1. The highest BCUT2D eigenvalue weighted by Gasteiger charge is 2.40. The van der Waals surface area contributed by atoms with E-state index < -0.39 is 26.1 Å². The summed E-state index contributed by atoms with van der Waals surface area (Å²) in [4.78, 5) is 35.5. The fourth-order valence-electron chi connectivity index (χ4n) is 5.64. The minimum absolute atomic E-state index is 0.0497. The van der Waals surface area contributed by atoms with E-state index in [4.69, 9.17) is 40.0 Å². The van der Waals surface area contributed by atoms with Crippen LogP contribution in [-0.4, -0.2) is 76.3 Å². The average Bonchev–Trinajstić information content (AvgIpc) is 3.61. The van der Waals surface area contributed by atoms with Crippen LogP contribution in [0.3, 0.4) is 0 Å². The molecule has 1 atom stereocenters. The Morgan fingerprint density at radius 3 is 2.45 bits per heavy atom. The van der Waals surface area contributed by atoms with Crippen LogP contribution < -0.4 is 9.64 Å². The molecule has 0 aliphatic carbocycles. The molecule has 0 fully saturated rings.